The molecule has 92 valence electrons. The zero-order chi connectivity index (χ0) is 12.8. The van der Waals surface area contributed by atoms with Crippen molar-refractivity contribution in [3.63, 3.8) is 0 Å². The predicted octanol–water partition coefficient (Wildman–Crippen LogP) is 3.68. The molecular weight excluding hydrogens is 404 g/mol. The maximum Gasteiger partial charge on any atom is 0.251 e. The lowest BCUT2D eigenvalue weighted by atomic mass is 10.3. The van der Waals surface area contributed by atoms with Crippen molar-refractivity contribution in [3.8, 4) is 0 Å². The van der Waals surface area contributed by atoms with Crippen molar-refractivity contribution in [2.75, 3.05) is 11.9 Å². The Kier molecular flexibility index (Phi) is 5.90. The van der Waals surface area contributed by atoms with Crippen molar-refractivity contribution in [1.29, 1.82) is 0 Å². The maximum atomic E-state index is 13.5. The molecule has 0 atom stereocenters. The molecule has 0 aliphatic heterocycles. The minimum absolute atomic E-state index is 0.357. The standard InChI is InChI=1S/C11H10BrFINO2/c1-2-17-6-5-9(16)15-8-4-3-7(12)10(13)11(8)14/h3-6H,2H2,1H3,(H,15,16)/b6-5+. The zero-order valence-corrected chi connectivity index (χ0v) is 12.7. The minimum atomic E-state index is -0.391. The first-order chi connectivity index (χ1) is 8.06. The fourth-order valence-electron chi connectivity index (χ4n) is 1.00. The van der Waals surface area contributed by atoms with Crippen molar-refractivity contribution >= 4 is 50.1 Å². The van der Waals surface area contributed by atoms with Crippen LogP contribution in [0.3, 0.4) is 0 Å². The Morgan fingerprint density at radius 3 is 3.00 bits per heavy atom. The summed E-state index contributed by atoms with van der Waals surface area (Å²) in [6.07, 6.45) is 2.55. The number of ether oxygens (including phenoxy) is 1. The van der Waals surface area contributed by atoms with Gasteiger partial charge in [-0.2, -0.15) is 0 Å². The van der Waals surface area contributed by atoms with Crippen LogP contribution in [0.1, 0.15) is 6.92 Å². The number of nitrogens with one attached hydrogen (secondary N) is 1. The normalized spacial score (nSPS) is 10.6. The fraction of sp³-hybridized carbons (Fsp3) is 0.182. The third kappa shape index (κ3) is 4.27. The van der Waals surface area contributed by atoms with Gasteiger partial charge in [0.05, 0.1) is 26.6 Å². The molecule has 1 aromatic carbocycles. The van der Waals surface area contributed by atoms with Crippen LogP contribution < -0.4 is 5.32 Å². The van der Waals surface area contributed by atoms with E-state index in [2.05, 4.69) is 21.2 Å². The second-order valence-corrected chi connectivity index (χ2v) is 4.90. The summed E-state index contributed by atoms with van der Waals surface area (Å²) in [5, 5.41) is 2.56. The summed E-state index contributed by atoms with van der Waals surface area (Å²) in [6.45, 7) is 2.31. The number of anilines is 1. The molecular formula is C11H10BrFINO2. The van der Waals surface area contributed by atoms with Gasteiger partial charge in [0.2, 0.25) is 0 Å². The van der Waals surface area contributed by atoms with Crippen LogP contribution in [0.15, 0.2) is 28.9 Å². The molecule has 0 aliphatic rings. The van der Waals surface area contributed by atoms with E-state index >= 15 is 0 Å². The van der Waals surface area contributed by atoms with Crippen LogP contribution in [-0.2, 0) is 9.53 Å². The molecule has 17 heavy (non-hydrogen) atoms. The van der Waals surface area contributed by atoms with Crippen LogP contribution in [0, 0.1) is 9.39 Å². The Morgan fingerprint density at radius 1 is 1.65 bits per heavy atom. The van der Waals surface area contributed by atoms with Gasteiger partial charge in [-0.3, -0.25) is 4.79 Å². The van der Waals surface area contributed by atoms with E-state index in [0.717, 1.165) is 0 Å². The number of carbonyl (C=O) groups excluding carboxylic acids is 1. The van der Waals surface area contributed by atoms with Crippen LogP contribution in [0.25, 0.3) is 0 Å². The number of benzene rings is 1. The molecule has 0 saturated carbocycles. The quantitative estimate of drug-likeness (QED) is 0.354. The van der Waals surface area contributed by atoms with Crippen LogP contribution in [0.2, 0.25) is 0 Å². The minimum Gasteiger partial charge on any atom is -0.501 e. The largest absolute Gasteiger partial charge is 0.501 e. The molecule has 0 spiro atoms. The molecule has 1 N–H and O–H groups in total. The van der Waals surface area contributed by atoms with Crippen LogP contribution in [-0.4, -0.2) is 12.5 Å². The third-order valence-electron chi connectivity index (χ3n) is 1.78. The smallest absolute Gasteiger partial charge is 0.251 e. The average molecular weight is 414 g/mol. The topological polar surface area (TPSA) is 38.3 Å². The molecule has 1 amide bonds. The summed E-state index contributed by atoms with van der Waals surface area (Å²) >= 11 is 4.91. The SMILES string of the molecule is CCO/C=C/C(=O)Nc1ccc(Br)c(F)c1I. The Morgan fingerprint density at radius 2 is 2.35 bits per heavy atom. The fourth-order valence-corrected chi connectivity index (χ4v) is 2.31. The van der Waals surface area contributed by atoms with Crippen molar-refractivity contribution in [1.82, 2.24) is 0 Å². The lowest BCUT2D eigenvalue weighted by Crippen LogP contribution is -2.10. The highest BCUT2D eigenvalue weighted by atomic mass is 127. The summed E-state index contributed by atoms with van der Waals surface area (Å²) in [5.74, 6) is -0.754. The van der Waals surface area contributed by atoms with Crippen LogP contribution in [0.5, 0.6) is 0 Å². The molecule has 0 unspecified atom stereocenters. The monoisotopic (exact) mass is 413 g/mol. The average Bonchev–Trinajstić information content (AvgIpc) is 2.30. The van der Waals surface area contributed by atoms with Gasteiger partial charge in [0.1, 0.15) is 0 Å². The molecule has 0 saturated heterocycles. The lowest BCUT2D eigenvalue weighted by molar-refractivity contribution is -0.112. The van der Waals surface area contributed by atoms with E-state index in [0.29, 0.717) is 20.3 Å². The van der Waals surface area contributed by atoms with E-state index in [9.17, 15) is 9.18 Å². The third-order valence-corrected chi connectivity index (χ3v) is 3.44. The molecule has 0 aromatic heterocycles. The molecule has 0 radical (unpaired) electrons. The second-order valence-electron chi connectivity index (χ2n) is 2.97. The number of rotatable bonds is 4. The highest BCUT2D eigenvalue weighted by molar-refractivity contribution is 14.1. The molecule has 0 aliphatic carbocycles. The molecule has 0 heterocycles. The maximum absolute atomic E-state index is 13.5. The predicted molar refractivity (Wildman–Crippen MR) is 76.2 cm³/mol. The summed E-state index contributed by atoms with van der Waals surface area (Å²) in [4.78, 5) is 11.4. The first-order valence-corrected chi connectivity index (χ1v) is 6.66. The van der Waals surface area contributed by atoms with Gasteiger partial charge < -0.3 is 10.1 Å². The number of hydrogen-bond acceptors (Lipinski definition) is 2. The summed E-state index contributed by atoms with van der Waals surface area (Å²) < 4.78 is 19.1. The number of amides is 1. The highest BCUT2D eigenvalue weighted by Crippen LogP contribution is 2.27. The second kappa shape index (κ2) is 6.95. The zero-order valence-electron chi connectivity index (χ0n) is 8.97. The van der Waals surface area contributed by atoms with Gasteiger partial charge in [0, 0.05) is 6.08 Å². The van der Waals surface area contributed by atoms with E-state index < -0.39 is 5.82 Å². The molecule has 0 bridgehead atoms. The van der Waals surface area contributed by atoms with Gasteiger partial charge in [-0.1, -0.05) is 0 Å². The first-order valence-electron chi connectivity index (χ1n) is 4.79. The van der Waals surface area contributed by atoms with Gasteiger partial charge in [-0.05, 0) is 57.6 Å². The number of hydrogen-bond donors (Lipinski definition) is 1. The van der Waals surface area contributed by atoms with Crippen molar-refractivity contribution in [2.45, 2.75) is 6.92 Å². The van der Waals surface area contributed by atoms with E-state index in [-0.39, 0.29) is 5.91 Å². The molecule has 6 heteroatoms. The van der Waals surface area contributed by atoms with Crippen LogP contribution in [0.4, 0.5) is 10.1 Å². The Balaban J connectivity index is 2.76. The van der Waals surface area contributed by atoms with E-state index in [1.54, 1.807) is 12.1 Å². The summed E-state index contributed by atoms with van der Waals surface area (Å²) in [5.41, 5.74) is 0.428. The Bertz CT molecular complexity index is 451. The highest BCUT2D eigenvalue weighted by Gasteiger charge is 2.10. The van der Waals surface area contributed by atoms with Gasteiger partial charge in [-0.25, -0.2) is 4.39 Å². The Hall–Kier alpha value is -0.630. The van der Waals surface area contributed by atoms with E-state index in [1.807, 2.05) is 29.5 Å². The van der Waals surface area contributed by atoms with Crippen molar-refractivity contribution in [3.05, 3.63) is 38.3 Å². The van der Waals surface area contributed by atoms with E-state index in [4.69, 9.17) is 4.74 Å². The van der Waals surface area contributed by atoms with Gasteiger partial charge in [-0.15, -0.1) is 0 Å². The number of carbonyl (C=O) groups is 1. The van der Waals surface area contributed by atoms with Crippen LogP contribution >= 0.6 is 38.5 Å². The van der Waals surface area contributed by atoms with Gasteiger partial charge >= 0.3 is 0 Å². The van der Waals surface area contributed by atoms with Gasteiger partial charge in [0.25, 0.3) is 5.91 Å². The lowest BCUT2D eigenvalue weighted by Gasteiger charge is -2.07. The molecule has 1 rings (SSSR count). The van der Waals surface area contributed by atoms with Gasteiger partial charge in [0.15, 0.2) is 5.82 Å². The molecule has 0 fully saturated rings. The van der Waals surface area contributed by atoms with E-state index in [1.165, 1.54) is 12.3 Å². The number of halogens is 3. The van der Waals surface area contributed by atoms with Crippen molar-refractivity contribution < 1.29 is 13.9 Å². The molecule has 1 aromatic rings. The summed E-state index contributed by atoms with van der Waals surface area (Å²) in [6, 6.07) is 3.17. The molecule has 3 nitrogen and oxygen atoms in total. The summed E-state index contributed by atoms with van der Waals surface area (Å²) in [7, 11) is 0. The van der Waals surface area contributed by atoms with Crippen molar-refractivity contribution in [2.24, 2.45) is 0 Å². The Labute approximate surface area is 121 Å². The first kappa shape index (κ1) is 14.4.